The van der Waals surface area contributed by atoms with Gasteiger partial charge in [0, 0.05) is 42.5 Å². The van der Waals surface area contributed by atoms with Crippen molar-refractivity contribution in [2.75, 3.05) is 31.6 Å². The van der Waals surface area contributed by atoms with Crippen molar-refractivity contribution in [3.05, 3.63) is 48.0 Å². The van der Waals surface area contributed by atoms with Gasteiger partial charge < -0.3 is 15.0 Å². The molecule has 2 fully saturated rings. The van der Waals surface area contributed by atoms with E-state index in [0.29, 0.717) is 65.6 Å². The molecule has 0 radical (unpaired) electrons. The third kappa shape index (κ3) is 5.51. The number of anilines is 2. The van der Waals surface area contributed by atoms with Crippen molar-refractivity contribution >= 4 is 22.4 Å². The number of rotatable bonds is 7. The SMILES string of the molecule is N#Cc1cc(OCC[C@@H]2C[C@@H]3CN(CC(F)(F)F)C[C@@H]3C2)cc(Nc2ccc3c(F)c[nH]c3c2)n1. The van der Waals surface area contributed by atoms with Crippen LogP contribution in [0.5, 0.6) is 5.75 Å². The number of benzene rings is 1. The first kappa shape index (κ1) is 23.4. The molecule has 0 bridgehead atoms. The summed E-state index contributed by atoms with van der Waals surface area (Å²) in [4.78, 5) is 8.66. The van der Waals surface area contributed by atoms with Crippen LogP contribution in [-0.4, -0.2) is 47.3 Å². The quantitative estimate of drug-likeness (QED) is 0.424. The molecule has 0 spiro atoms. The highest BCUT2D eigenvalue weighted by atomic mass is 19.4. The second-order valence-electron chi connectivity index (χ2n) is 9.51. The highest BCUT2D eigenvalue weighted by molar-refractivity contribution is 5.84. The maximum absolute atomic E-state index is 13.7. The van der Waals surface area contributed by atoms with E-state index in [1.165, 1.54) is 11.1 Å². The highest BCUT2D eigenvalue weighted by Crippen LogP contribution is 2.43. The number of nitrogens with one attached hydrogen (secondary N) is 2. The van der Waals surface area contributed by atoms with Crippen LogP contribution in [0.1, 0.15) is 25.0 Å². The Bertz CT molecular complexity index is 1240. The number of likely N-dealkylation sites (tertiary alicyclic amines) is 1. The molecule has 35 heavy (non-hydrogen) atoms. The highest BCUT2D eigenvalue weighted by Gasteiger charge is 2.43. The van der Waals surface area contributed by atoms with Gasteiger partial charge in [0.1, 0.15) is 29.1 Å². The number of ether oxygens (including phenoxy) is 1. The fourth-order valence-corrected chi connectivity index (χ4v) is 5.51. The predicted octanol–water partition coefficient (Wildman–Crippen LogP) is 5.61. The molecule has 1 saturated carbocycles. The molecule has 1 aliphatic carbocycles. The zero-order chi connectivity index (χ0) is 24.6. The number of nitriles is 1. The zero-order valence-electron chi connectivity index (χ0n) is 18.9. The van der Waals surface area contributed by atoms with Crippen LogP contribution in [0.3, 0.4) is 0 Å². The lowest BCUT2D eigenvalue weighted by Crippen LogP contribution is -2.33. The van der Waals surface area contributed by atoms with Gasteiger partial charge in [-0.15, -0.1) is 0 Å². The summed E-state index contributed by atoms with van der Waals surface area (Å²) in [5.41, 5.74) is 1.53. The number of H-pyrrole nitrogens is 1. The van der Waals surface area contributed by atoms with E-state index in [0.717, 1.165) is 19.3 Å². The van der Waals surface area contributed by atoms with Gasteiger partial charge in [-0.1, -0.05) is 0 Å². The van der Waals surface area contributed by atoms with Crippen molar-refractivity contribution in [1.29, 1.82) is 5.26 Å². The van der Waals surface area contributed by atoms with E-state index in [1.807, 2.05) is 6.07 Å². The first-order valence-electron chi connectivity index (χ1n) is 11.6. The molecular weight excluding hydrogens is 462 g/mol. The molecule has 2 N–H and O–H groups in total. The number of hydrogen-bond acceptors (Lipinski definition) is 5. The topological polar surface area (TPSA) is 77.0 Å². The van der Waals surface area contributed by atoms with Crippen LogP contribution in [0.25, 0.3) is 10.9 Å². The maximum atomic E-state index is 13.7. The van der Waals surface area contributed by atoms with Crippen molar-refractivity contribution in [1.82, 2.24) is 14.9 Å². The normalized spacial score (nSPS) is 22.3. The van der Waals surface area contributed by atoms with Crippen LogP contribution in [-0.2, 0) is 0 Å². The fraction of sp³-hybridized carbons (Fsp3) is 0.440. The fourth-order valence-electron chi connectivity index (χ4n) is 5.51. The summed E-state index contributed by atoms with van der Waals surface area (Å²) in [5, 5.41) is 13.0. The van der Waals surface area contributed by atoms with Crippen molar-refractivity contribution < 1.29 is 22.3 Å². The molecule has 6 nitrogen and oxygen atoms in total. The Labute approximate surface area is 199 Å². The lowest BCUT2D eigenvalue weighted by atomic mass is 10.0. The van der Waals surface area contributed by atoms with Gasteiger partial charge in [0.2, 0.25) is 0 Å². The van der Waals surface area contributed by atoms with Gasteiger partial charge in [0.05, 0.1) is 18.7 Å². The predicted molar refractivity (Wildman–Crippen MR) is 123 cm³/mol. The average Bonchev–Trinajstić information content (AvgIpc) is 3.45. The van der Waals surface area contributed by atoms with Crippen molar-refractivity contribution in [2.24, 2.45) is 17.8 Å². The molecule has 1 saturated heterocycles. The first-order valence-corrected chi connectivity index (χ1v) is 11.6. The van der Waals surface area contributed by atoms with Crippen LogP contribution in [0.4, 0.5) is 29.1 Å². The van der Waals surface area contributed by atoms with Crippen molar-refractivity contribution in [2.45, 2.75) is 25.4 Å². The van der Waals surface area contributed by atoms with Gasteiger partial charge in [0.15, 0.2) is 0 Å². The summed E-state index contributed by atoms with van der Waals surface area (Å²) in [5.74, 6) is 1.72. The van der Waals surface area contributed by atoms with Crippen LogP contribution in [0.15, 0.2) is 36.5 Å². The molecule has 3 atom stereocenters. The number of hydrogen-bond donors (Lipinski definition) is 2. The number of nitrogens with zero attached hydrogens (tertiary/aromatic N) is 3. The third-order valence-electron chi connectivity index (χ3n) is 6.94. The number of aromatic amines is 1. The van der Waals surface area contributed by atoms with E-state index in [9.17, 15) is 22.8 Å². The van der Waals surface area contributed by atoms with Gasteiger partial charge >= 0.3 is 6.18 Å². The molecule has 2 aliphatic rings. The Morgan fingerprint density at radius 3 is 2.66 bits per heavy atom. The molecule has 1 aromatic carbocycles. The van der Waals surface area contributed by atoms with Crippen molar-refractivity contribution in [3.63, 3.8) is 0 Å². The van der Waals surface area contributed by atoms with Crippen LogP contribution in [0.2, 0.25) is 0 Å². The third-order valence-corrected chi connectivity index (χ3v) is 6.94. The van der Waals surface area contributed by atoms with E-state index >= 15 is 0 Å². The van der Waals surface area contributed by atoms with Gasteiger partial charge in [-0.2, -0.15) is 18.4 Å². The zero-order valence-corrected chi connectivity index (χ0v) is 18.9. The number of fused-ring (bicyclic) bond motifs is 2. The Morgan fingerprint density at radius 2 is 1.94 bits per heavy atom. The van der Waals surface area contributed by atoms with E-state index in [4.69, 9.17) is 4.74 Å². The van der Waals surface area contributed by atoms with Crippen LogP contribution >= 0.6 is 0 Å². The lowest BCUT2D eigenvalue weighted by molar-refractivity contribution is -0.144. The monoisotopic (exact) mass is 487 g/mol. The summed E-state index contributed by atoms with van der Waals surface area (Å²) in [6.07, 6.45) is -0.175. The van der Waals surface area contributed by atoms with E-state index in [1.54, 1.807) is 30.3 Å². The Morgan fingerprint density at radius 1 is 1.17 bits per heavy atom. The number of aromatic nitrogens is 2. The smallest absolute Gasteiger partial charge is 0.401 e. The van der Waals surface area contributed by atoms with Gasteiger partial charge in [0.25, 0.3) is 0 Å². The minimum Gasteiger partial charge on any atom is -0.493 e. The molecule has 184 valence electrons. The molecule has 3 aromatic rings. The molecule has 0 amide bonds. The first-order chi connectivity index (χ1) is 16.8. The second kappa shape index (κ2) is 9.38. The summed E-state index contributed by atoms with van der Waals surface area (Å²) < 4.78 is 57.6. The van der Waals surface area contributed by atoms with Gasteiger partial charge in [-0.3, -0.25) is 4.90 Å². The van der Waals surface area contributed by atoms with Gasteiger partial charge in [-0.25, -0.2) is 9.37 Å². The molecular formula is C25H25F4N5O. The molecule has 2 aromatic heterocycles. The molecule has 1 aliphatic heterocycles. The maximum Gasteiger partial charge on any atom is 0.401 e. The number of pyridine rings is 1. The minimum atomic E-state index is -4.14. The van der Waals surface area contributed by atoms with Crippen LogP contribution in [0, 0.1) is 34.9 Å². The van der Waals surface area contributed by atoms with Gasteiger partial charge in [-0.05, 0) is 55.2 Å². The summed E-state index contributed by atoms with van der Waals surface area (Å²) in [6.45, 7) is 0.683. The number of halogens is 4. The lowest BCUT2D eigenvalue weighted by Gasteiger charge is -2.20. The van der Waals surface area contributed by atoms with E-state index in [-0.39, 0.29) is 11.5 Å². The van der Waals surface area contributed by atoms with Crippen molar-refractivity contribution in [3.8, 4) is 11.8 Å². The summed E-state index contributed by atoms with van der Waals surface area (Å²) >= 11 is 0. The average molecular weight is 488 g/mol. The molecule has 10 heteroatoms. The Kier molecular flexibility index (Phi) is 6.28. The summed E-state index contributed by atoms with van der Waals surface area (Å²) in [7, 11) is 0. The minimum absolute atomic E-state index is 0.206. The Balaban J connectivity index is 1.15. The molecule has 5 rings (SSSR count). The van der Waals surface area contributed by atoms with E-state index < -0.39 is 12.7 Å². The largest absolute Gasteiger partial charge is 0.493 e. The number of alkyl halides is 3. The summed E-state index contributed by atoms with van der Waals surface area (Å²) in [6, 6.07) is 10.5. The van der Waals surface area contributed by atoms with E-state index in [2.05, 4.69) is 15.3 Å². The Hall–Kier alpha value is -3.32. The van der Waals surface area contributed by atoms with Crippen LogP contribution < -0.4 is 10.1 Å². The standard InChI is InChI=1S/C25H25F4N5O/c26-22-11-31-23-8-18(1-2-21(22)23)32-24-9-20(7-19(10-30)33-24)35-4-3-15-5-16-12-34(13-17(16)6-15)14-25(27,28)29/h1-2,7-9,11,15-17,31H,3-6,12-14H2,(H,32,33)/t15-,16-,17+. The molecule has 3 heterocycles. The second-order valence-corrected chi connectivity index (χ2v) is 9.51. The molecule has 0 unspecified atom stereocenters.